The molecule has 0 atom stereocenters. The summed E-state index contributed by atoms with van der Waals surface area (Å²) in [5.41, 5.74) is 2.01. The molecule has 0 fully saturated rings. The number of nitrogens with one attached hydrogen (secondary N) is 1. The summed E-state index contributed by atoms with van der Waals surface area (Å²) in [6, 6.07) is 12.9. The van der Waals surface area contributed by atoms with Crippen molar-refractivity contribution in [2.24, 2.45) is 0 Å². The minimum atomic E-state index is -0.532. The van der Waals surface area contributed by atoms with Crippen molar-refractivity contribution in [2.45, 2.75) is 20.5 Å². The Bertz CT molecular complexity index is 970. The van der Waals surface area contributed by atoms with E-state index >= 15 is 0 Å². The van der Waals surface area contributed by atoms with Gasteiger partial charge < -0.3 is 18.9 Å². The molecule has 3 rings (SSSR count). The average Bonchev–Trinajstić information content (AvgIpc) is 3.23. The number of nitrogens with zero attached hydrogens (tertiary/aromatic N) is 2. The van der Waals surface area contributed by atoms with Crippen LogP contribution >= 0.6 is 0 Å². The van der Waals surface area contributed by atoms with Crippen molar-refractivity contribution in [2.75, 3.05) is 20.3 Å². The highest BCUT2D eigenvalue weighted by Crippen LogP contribution is 2.31. The minimum absolute atomic E-state index is 0.130. The van der Waals surface area contributed by atoms with Gasteiger partial charge in [0.15, 0.2) is 17.2 Å². The minimum Gasteiger partial charge on any atom is -0.496 e. The number of esters is 1. The van der Waals surface area contributed by atoms with Gasteiger partial charge in [0.05, 0.1) is 20.3 Å². The summed E-state index contributed by atoms with van der Waals surface area (Å²) in [6.07, 6.45) is 0. The third kappa shape index (κ3) is 4.66. The molecule has 0 unspecified atom stereocenters. The van der Waals surface area contributed by atoms with E-state index in [1.807, 2.05) is 37.3 Å². The standard InChI is InChI=1S/C21H23N3O5/c1-4-27-17-8-6-7-9-18(17)29-13-15-12-14(10-11-16(15)26-3)19-20(23-24-22-19)21(25)28-5-2/h6-12H,4-5,13H2,1-3H3,(H,22,23,24). The molecule has 0 radical (unpaired) electrons. The van der Waals surface area contributed by atoms with E-state index < -0.39 is 5.97 Å². The molecule has 0 saturated heterocycles. The second kappa shape index (κ2) is 9.59. The monoisotopic (exact) mass is 397 g/mol. The number of H-pyrrole nitrogens is 1. The van der Waals surface area contributed by atoms with Crippen molar-refractivity contribution >= 4 is 5.97 Å². The first-order valence-electron chi connectivity index (χ1n) is 9.27. The number of para-hydroxylation sites is 2. The van der Waals surface area contributed by atoms with Crippen LogP contribution in [0.2, 0.25) is 0 Å². The van der Waals surface area contributed by atoms with E-state index in [9.17, 15) is 4.79 Å². The highest BCUT2D eigenvalue weighted by molar-refractivity contribution is 5.94. The Kier molecular flexibility index (Phi) is 6.67. The fraction of sp³-hybridized carbons (Fsp3) is 0.286. The summed E-state index contributed by atoms with van der Waals surface area (Å²) in [7, 11) is 1.59. The Morgan fingerprint density at radius 1 is 0.966 bits per heavy atom. The number of carbonyl (C=O) groups excluding carboxylic acids is 1. The molecule has 29 heavy (non-hydrogen) atoms. The van der Waals surface area contributed by atoms with Gasteiger partial charge >= 0.3 is 5.97 Å². The summed E-state index contributed by atoms with van der Waals surface area (Å²) in [5.74, 6) is 1.43. The summed E-state index contributed by atoms with van der Waals surface area (Å²) < 4.78 is 22.1. The zero-order chi connectivity index (χ0) is 20.6. The number of carbonyl (C=O) groups is 1. The number of hydrogen-bond acceptors (Lipinski definition) is 7. The summed E-state index contributed by atoms with van der Waals surface area (Å²) in [4.78, 5) is 12.1. The maximum Gasteiger partial charge on any atom is 0.361 e. The molecule has 1 aromatic heterocycles. The third-order valence-electron chi connectivity index (χ3n) is 4.10. The second-order valence-corrected chi connectivity index (χ2v) is 5.94. The van der Waals surface area contributed by atoms with E-state index in [4.69, 9.17) is 18.9 Å². The van der Waals surface area contributed by atoms with Crippen molar-refractivity contribution < 1.29 is 23.7 Å². The lowest BCUT2D eigenvalue weighted by atomic mass is 10.1. The van der Waals surface area contributed by atoms with Crippen LogP contribution in [0, 0.1) is 0 Å². The lowest BCUT2D eigenvalue weighted by Gasteiger charge is -2.14. The first-order chi connectivity index (χ1) is 14.2. The molecular weight excluding hydrogens is 374 g/mol. The number of methoxy groups -OCH3 is 1. The Morgan fingerprint density at radius 2 is 1.72 bits per heavy atom. The van der Waals surface area contributed by atoms with E-state index in [1.165, 1.54) is 0 Å². The van der Waals surface area contributed by atoms with Crippen LogP contribution in [0.4, 0.5) is 0 Å². The first kappa shape index (κ1) is 20.2. The smallest absolute Gasteiger partial charge is 0.361 e. The van der Waals surface area contributed by atoms with Crippen LogP contribution in [0.5, 0.6) is 17.2 Å². The van der Waals surface area contributed by atoms with Crippen molar-refractivity contribution in [1.29, 1.82) is 0 Å². The van der Waals surface area contributed by atoms with E-state index in [2.05, 4.69) is 15.4 Å². The molecule has 0 aliphatic heterocycles. The summed E-state index contributed by atoms with van der Waals surface area (Å²) in [6.45, 7) is 4.70. The number of benzene rings is 2. The molecule has 152 valence electrons. The molecule has 0 saturated carbocycles. The molecule has 1 N–H and O–H groups in total. The van der Waals surface area contributed by atoms with Gasteiger partial charge in [-0.25, -0.2) is 4.79 Å². The Hall–Kier alpha value is -3.55. The van der Waals surface area contributed by atoms with Crippen LogP contribution in [0.15, 0.2) is 42.5 Å². The second-order valence-electron chi connectivity index (χ2n) is 5.94. The van der Waals surface area contributed by atoms with Crippen LogP contribution in [-0.4, -0.2) is 41.7 Å². The molecule has 8 nitrogen and oxygen atoms in total. The predicted molar refractivity (Wildman–Crippen MR) is 106 cm³/mol. The van der Waals surface area contributed by atoms with Crippen molar-refractivity contribution in [1.82, 2.24) is 15.4 Å². The molecule has 1 heterocycles. The SMILES string of the molecule is CCOC(=O)c1n[nH]nc1-c1ccc(OC)c(COc2ccccc2OCC)c1. The quantitative estimate of drug-likeness (QED) is 0.551. The van der Waals surface area contributed by atoms with Gasteiger partial charge in [-0.05, 0) is 44.2 Å². The lowest BCUT2D eigenvalue weighted by Crippen LogP contribution is -2.07. The molecule has 2 aromatic carbocycles. The van der Waals surface area contributed by atoms with Crippen molar-refractivity contribution in [3.05, 3.63) is 53.7 Å². The van der Waals surface area contributed by atoms with Gasteiger partial charge in [-0.1, -0.05) is 12.1 Å². The number of rotatable bonds is 9. The molecule has 3 aromatic rings. The van der Waals surface area contributed by atoms with Gasteiger partial charge in [0.2, 0.25) is 0 Å². The normalized spacial score (nSPS) is 10.4. The maximum atomic E-state index is 12.1. The number of aromatic nitrogens is 3. The van der Waals surface area contributed by atoms with Gasteiger partial charge in [0.25, 0.3) is 0 Å². The zero-order valence-corrected chi connectivity index (χ0v) is 16.6. The third-order valence-corrected chi connectivity index (χ3v) is 4.10. The molecule has 0 aliphatic carbocycles. The number of aromatic amines is 1. The average molecular weight is 397 g/mol. The Balaban J connectivity index is 1.87. The molecule has 8 heteroatoms. The fourth-order valence-corrected chi connectivity index (χ4v) is 2.81. The largest absolute Gasteiger partial charge is 0.496 e. The van der Waals surface area contributed by atoms with Gasteiger partial charge in [0.1, 0.15) is 18.1 Å². The van der Waals surface area contributed by atoms with Crippen LogP contribution in [0.3, 0.4) is 0 Å². The van der Waals surface area contributed by atoms with Crippen molar-refractivity contribution in [3.63, 3.8) is 0 Å². The Morgan fingerprint density at radius 3 is 2.41 bits per heavy atom. The first-order valence-corrected chi connectivity index (χ1v) is 9.27. The van der Waals surface area contributed by atoms with Crippen LogP contribution in [0.1, 0.15) is 29.9 Å². The van der Waals surface area contributed by atoms with Gasteiger partial charge in [-0.3, -0.25) is 0 Å². The van der Waals surface area contributed by atoms with E-state index in [-0.39, 0.29) is 18.9 Å². The summed E-state index contributed by atoms with van der Waals surface area (Å²) >= 11 is 0. The summed E-state index contributed by atoms with van der Waals surface area (Å²) in [5, 5.41) is 10.5. The topological polar surface area (TPSA) is 95.6 Å². The molecular formula is C21H23N3O5. The Labute approximate surface area is 168 Å². The van der Waals surface area contributed by atoms with Crippen LogP contribution < -0.4 is 14.2 Å². The number of hydrogen-bond donors (Lipinski definition) is 1. The number of ether oxygens (including phenoxy) is 4. The highest BCUT2D eigenvalue weighted by Gasteiger charge is 2.20. The maximum absolute atomic E-state index is 12.1. The van der Waals surface area contributed by atoms with Crippen LogP contribution in [0.25, 0.3) is 11.3 Å². The highest BCUT2D eigenvalue weighted by atomic mass is 16.5. The fourth-order valence-electron chi connectivity index (χ4n) is 2.81. The lowest BCUT2D eigenvalue weighted by molar-refractivity contribution is 0.0520. The zero-order valence-electron chi connectivity index (χ0n) is 16.6. The predicted octanol–water partition coefficient (Wildman–Crippen LogP) is 3.63. The van der Waals surface area contributed by atoms with Gasteiger partial charge in [-0.2, -0.15) is 10.3 Å². The van der Waals surface area contributed by atoms with E-state index in [0.717, 1.165) is 5.56 Å². The van der Waals surface area contributed by atoms with E-state index in [1.54, 1.807) is 26.2 Å². The van der Waals surface area contributed by atoms with Crippen LogP contribution in [-0.2, 0) is 11.3 Å². The van der Waals surface area contributed by atoms with E-state index in [0.29, 0.717) is 35.1 Å². The molecule has 0 spiro atoms. The molecule has 0 aliphatic rings. The van der Waals surface area contributed by atoms with Crippen molar-refractivity contribution in [3.8, 4) is 28.5 Å². The van der Waals surface area contributed by atoms with Gasteiger partial charge in [0, 0.05) is 11.1 Å². The van der Waals surface area contributed by atoms with Gasteiger partial charge in [-0.15, -0.1) is 5.10 Å². The molecule has 0 bridgehead atoms. The molecule has 0 amide bonds.